The van der Waals surface area contributed by atoms with E-state index in [2.05, 4.69) is 23.2 Å². The second-order valence-corrected chi connectivity index (χ2v) is 25.0. The van der Waals surface area contributed by atoms with Crippen molar-refractivity contribution >= 4 is 20.6 Å². The molecule has 0 aromatic rings. The van der Waals surface area contributed by atoms with Crippen LogP contribution in [0.1, 0.15) is 108 Å². The lowest BCUT2D eigenvalue weighted by molar-refractivity contribution is -0.291. The Morgan fingerprint density at radius 1 is 0.642 bits per heavy atom. The van der Waals surface area contributed by atoms with E-state index >= 15 is 0 Å². The number of likely N-dealkylation sites (tertiary alicyclic amines) is 1. The standard InChI is InChI=1S/C25H42N4O8S.C18H32N2O8S/c1-22(2)34-19-16-32-25(21(20(19)35-22)36-23(3,4)37-25)17-33-38(30,31)29-12-8-24(5,9-13-29)27-10-14-28-11-6-7-18(28)15-26;1-15(2)25-12-10-23-18(14(13(12)26-15)27-16(3,4)28-18)11-24-29(21,22)20-8-6-17(5,19)7-9-20/h18-21,27H,6-14,16-17H2,1-5H3;12-14H,6-11,19H2,1-5H3/t18-,19+,20+,21-,25-;12-,13-,14+,18+/m01/s1. The number of nitrogens with zero attached hydrogens (tertiary/aromatic N) is 4. The van der Waals surface area contributed by atoms with Crippen LogP contribution in [-0.2, 0) is 76.3 Å². The summed E-state index contributed by atoms with van der Waals surface area (Å²) >= 11 is 0. The Morgan fingerprint density at radius 2 is 1.09 bits per heavy atom. The first-order valence-corrected chi connectivity index (χ1v) is 26.4. The first kappa shape index (κ1) is 52.0. The van der Waals surface area contributed by atoms with Crippen LogP contribution in [-0.4, -0.2) is 191 Å². The van der Waals surface area contributed by atoms with Crippen LogP contribution in [0.5, 0.6) is 0 Å². The molecule has 0 unspecified atom stereocenters. The van der Waals surface area contributed by atoms with Crippen LogP contribution < -0.4 is 11.1 Å². The van der Waals surface area contributed by atoms with Crippen molar-refractivity contribution in [3.8, 4) is 6.07 Å². The normalized spacial score (nSPS) is 39.6. The number of fused-ring (bicyclic) bond motifs is 6. The number of piperidine rings is 2. The van der Waals surface area contributed by atoms with Crippen molar-refractivity contribution in [1.29, 1.82) is 5.26 Å². The van der Waals surface area contributed by atoms with E-state index < -0.39 is 79.7 Å². The van der Waals surface area contributed by atoms with Crippen LogP contribution in [0.15, 0.2) is 0 Å². The van der Waals surface area contributed by atoms with Gasteiger partial charge in [-0.2, -0.15) is 30.7 Å². The summed E-state index contributed by atoms with van der Waals surface area (Å²) in [4.78, 5) is 2.21. The predicted octanol–water partition coefficient (Wildman–Crippen LogP) is 1.54. The molecule has 0 radical (unpaired) electrons. The molecule has 0 amide bonds. The van der Waals surface area contributed by atoms with E-state index in [0.29, 0.717) is 51.9 Å². The molecule has 9 fully saturated rings. The van der Waals surface area contributed by atoms with Gasteiger partial charge < -0.3 is 58.4 Å². The van der Waals surface area contributed by atoms with Crippen molar-refractivity contribution in [2.45, 2.75) is 196 Å². The molecule has 9 saturated heterocycles. The molecule has 9 atom stereocenters. The average molecular weight is 995 g/mol. The molecular formula is C43H74N6O16S2. The number of nitriles is 1. The maximum atomic E-state index is 13.2. The Labute approximate surface area is 396 Å². The zero-order valence-corrected chi connectivity index (χ0v) is 42.4. The number of rotatable bonds is 12. The third-order valence-electron chi connectivity index (χ3n) is 14.2. The summed E-state index contributed by atoms with van der Waals surface area (Å²) in [6.45, 7) is 21.8. The van der Waals surface area contributed by atoms with E-state index in [9.17, 15) is 22.1 Å². The Morgan fingerprint density at radius 3 is 1.54 bits per heavy atom. The van der Waals surface area contributed by atoms with Gasteiger partial charge in [-0.05, 0) is 114 Å². The van der Waals surface area contributed by atoms with E-state index in [4.69, 9.17) is 61.5 Å². The quantitative estimate of drug-likeness (QED) is 0.281. The predicted molar refractivity (Wildman–Crippen MR) is 236 cm³/mol. The van der Waals surface area contributed by atoms with Gasteiger partial charge in [0.1, 0.15) is 49.8 Å². The van der Waals surface area contributed by atoms with Crippen molar-refractivity contribution < 1.29 is 72.6 Å². The lowest BCUT2D eigenvalue weighted by Gasteiger charge is -2.41. The summed E-state index contributed by atoms with van der Waals surface area (Å²) in [5.41, 5.74) is 5.55. The summed E-state index contributed by atoms with van der Waals surface area (Å²) in [5, 5.41) is 12.9. The van der Waals surface area contributed by atoms with Gasteiger partial charge in [-0.3, -0.25) is 13.3 Å². The van der Waals surface area contributed by atoms with Crippen LogP contribution in [0.25, 0.3) is 0 Å². The van der Waals surface area contributed by atoms with Crippen LogP contribution in [0.3, 0.4) is 0 Å². The third kappa shape index (κ3) is 11.4. The number of nitrogens with two attached hydrogens (primary N) is 1. The van der Waals surface area contributed by atoms with E-state index in [1.807, 2.05) is 34.6 Å². The van der Waals surface area contributed by atoms with E-state index in [1.165, 1.54) is 8.61 Å². The largest absolute Gasteiger partial charge is 0.343 e. The fourth-order valence-electron chi connectivity index (χ4n) is 10.7. The highest BCUT2D eigenvalue weighted by Crippen LogP contribution is 2.49. The van der Waals surface area contributed by atoms with Gasteiger partial charge >= 0.3 is 20.6 Å². The zero-order chi connectivity index (χ0) is 48.7. The SMILES string of the molecule is CC1(N)CCN(S(=O)(=O)OC[C@@]23OC[C@H]4OC(C)(C)O[C@H]4[C@@H]2OC(C)(C)O3)CC1.CC1(NCCN2CCC[C@H]2C#N)CCN(S(=O)(=O)OC[C@@]23OC[C@H]4OC(C)(C)O[C@H]4[C@@H]2OC(C)(C)O3)CC1. The topological polar surface area (TPSA) is 251 Å². The molecule has 9 aliphatic rings. The number of hydrogen-bond donors (Lipinski definition) is 2. The molecule has 0 bridgehead atoms. The van der Waals surface area contributed by atoms with Crippen LogP contribution in [0.4, 0.5) is 0 Å². The average Bonchev–Trinajstić information content (AvgIpc) is 4.02. The third-order valence-corrected chi connectivity index (χ3v) is 17.0. The smallest absolute Gasteiger partial charge is 0.338 e. The minimum Gasteiger partial charge on any atom is -0.343 e. The van der Waals surface area contributed by atoms with Crippen LogP contribution in [0.2, 0.25) is 0 Å². The summed E-state index contributed by atoms with van der Waals surface area (Å²) < 4.78 is 126. The first-order valence-electron chi connectivity index (χ1n) is 23.7. The minimum atomic E-state index is -4.03. The molecule has 3 N–H and O–H groups in total. The molecule has 22 nitrogen and oxygen atoms in total. The van der Waals surface area contributed by atoms with Crippen LogP contribution in [0, 0.1) is 11.3 Å². The summed E-state index contributed by atoms with van der Waals surface area (Å²) in [6, 6.07) is 2.38. The first-order chi connectivity index (χ1) is 31.0. The van der Waals surface area contributed by atoms with Gasteiger partial charge in [0.15, 0.2) is 23.1 Å². The second-order valence-electron chi connectivity index (χ2n) is 21.8. The molecule has 0 aromatic heterocycles. The lowest BCUT2D eigenvalue weighted by atomic mass is 9.90. The van der Waals surface area contributed by atoms with Gasteiger partial charge in [-0.15, -0.1) is 0 Å². The Bertz CT molecular complexity index is 2060. The molecule has 67 heavy (non-hydrogen) atoms. The molecule has 9 rings (SSSR count). The highest BCUT2D eigenvalue weighted by atomic mass is 32.2. The highest BCUT2D eigenvalue weighted by Gasteiger charge is 2.67. The van der Waals surface area contributed by atoms with Gasteiger partial charge in [-0.25, -0.2) is 0 Å². The van der Waals surface area contributed by atoms with Gasteiger partial charge in [0.2, 0.25) is 11.6 Å². The highest BCUT2D eigenvalue weighted by molar-refractivity contribution is 7.84. The van der Waals surface area contributed by atoms with Crippen molar-refractivity contribution in [3.05, 3.63) is 0 Å². The number of nitrogens with one attached hydrogen (secondary N) is 1. The maximum absolute atomic E-state index is 13.2. The molecular weight excluding hydrogens is 921 g/mol. The molecule has 9 heterocycles. The zero-order valence-electron chi connectivity index (χ0n) is 40.8. The van der Waals surface area contributed by atoms with Crippen molar-refractivity contribution in [2.24, 2.45) is 5.73 Å². The monoisotopic (exact) mass is 994 g/mol. The lowest BCUT2D eigenvalue weighted by Crippen LogP contribution is -2.61. The van der Waals surface area contributed by atoms with Gasteiger partial charge in [0.05, 0.1) is 25.3 Å². The Balaban J connectivity index is 0.000000188. The fraction of sp³-hybridized carbons (Fsp3) is 0.977. The van der Waals surface area contributed by atoms with E-state index in [0.717, 1.165) is 32.5 Å². The molecule has 0 aliphatic carbocycles. The van der Waals surface area contributed by atoms with E-state index in [1.54, 1.807) is 27.7 Å². The molecule has 0 saturated carbocycles. The summed E-state index contributed by atoms with van der Waals surface area (Å²) in [5.74, 6) is -6.43. The minimum absolute atomic E-state index is 0.00547. The molecule has 24 heteroatoms. The maximum Gasteiger partial charge on any atom is 0.338 e. The van der Waals surface area contributed by atoms with Gasteiger partial charge in [-0.1, -0.05) is 0 Å². The van der Waals surface area contributed by atoms with Crippen LogP contribution >= 0.6 is 0 Å². The van der Waals surface area contributed by atoms with Crippen molar-refractivity contribution in [2.75, 3.05) is 72.2 Å². The van der Waals surface area contributed by atoms with Crippen molar-refractivity contribution in [1.82, 2.24) is 18.8 Å². The van der Waals surface area contributed by atoms with Gasteiger partial charge in [0, 0.05) is 50.3 Å². The molecule has 9 aliphatic heterocycles. The summed E-state index contributed by atoms with van der Waals surface area (Å²) in [6.07, 6.45) is 1.41. The Hall–Kier alpha value is -1.29. The Kier molecular flexibility index (Phi) is 14.2. The van der Waals surface area contributed by atoms with Gasteiger partial charge in [0.25, 0.3) is 0 Å². The molecule has 0 spiro atoms. The molecule has 0 aromatic carbocycles. The second kappa shape index (κ2) is 18.3. The van der Waals surface area contributed by atoms with E-state index in [-0.39, 0.29) is 55.8 Å². The number of ether oxygens (including phenoxy) is 10. The fourth-order valence-corrected chi connectivity index (χ4v) is 12.9. The van der Waals surface area contributed by atoms with Crippen molar-refractivity contribution in [3.63, 3.8) is 0 Å². The number of hydrogen-bond acceptors (Lipinski definition) is 20. The molecule has 384 valence electrons. The summed E-state index contributed by atoms with van der Waals surface area (Å²) in [7, 11) is -8.00.